The van der Waals surface area contributed by atoms with E-state index in [4.69, 9.17) is 4.74 Å². The minimum Gasteiger partial charge on any atom is -0.452 e. The van der Waals surface area contributed by atoms with Crippen LogP contribution < -0.4 is 5.32 Å². The third-order valence-electron chi connectivity index (χ3n) is 5.45. The number of carbonyl (C=O) groups excluding carboxylic acids is 3. The Labute approximate surface area is 189 Å². The van der Waals surface area contributed by atoms with Crippen molar-refractivity contribution in [2.75, 3.05) is 32.7 Å². The summed E-state index contributed by atoms with van der Waals surface area (Å²) in [6.07, 6.45) is -0.535. The molecule has 2 aromatic carbocycles. The van der Waals surface area contributed by atoms with E-state index in [1.54, 1.807) is 11.8 Å². The molecule has 2 amide bonds. The van der Waals surface area contributed by atoms with Gasteiger partial charge >= 0.3 is 5.97 Å². The highest BCUT2D eigenvalue weighted by Gasteiger charge is 2.27. The van der Waals surface area contributed by atoms with Crippen molar-refractivity contribution in [3.8, 4) is 0 Å². The molecule has 0 bridgehead atoms. The van der Waals surface area contributed by atoms with Crippen LogP contribution in [0.15, 0.2) is 60.7 Å². The summed E-state index contributed by atoms with van der Waals surface area (Å²) in [5.41, 5.74) is 2.17. The molecule has 1 saturated heterocycles. The van der Waals surface area contributed by atoms with Crippen molar-refractivity contribution in [2.24, 2.45) is 0 Å². The van der Waals surface area contributed by atoms with Gasteiger partial charge in [-0.25, -0.2) is 0 Å². The second-order valence-electron chi connectivity index (χ2n) is 7.98. The van der Waals surface area contributed by atoms with Crippen LogP contribution in [-0.4, -0.2) is 66.4 Å². The van der Waals surface area contributed by atoms with E-state index in [2.05, 4.69) is 22.3 Å². The minimum absolute atomic E-state index is 0.0308. The van der Waals surface area contributed by atoms with Gasteiger partial charge in [0.1, 0.15) is 0 Å². The summed E-state index contributed by atoms with van der Waals surface area (Å²) in [6.45, 7) is 5.45. The Morgan fingerprint density at radius 3 is 2.12 bits per heavy atom. The highest BCUT2D eigenvalue weighted by atomic mass is 16.5. The molecule has 1 atom stereocenters. The summed E-state index contributed by atoms with van der Waals surface area (Å²) < 4.78 is 5.29. The summed E-state index contributed by atoms with van der Waals surface area (Å²) in [4.78, 5) is 40.7. The molecule has 170 valence electrons. The monoisotopic (exact) mass is 437 g/mol. The average molecular weight is 438 g/mol. The van der Waals surface area contributed by atoms with Crippen LogP contribution >= 0.6 is 0 Å². The van der Waals surface area contributed by atoms with Crippen LogP contribution in [-0.2, 0) is 32.1 Å². The molecule has 3 rings (SSSR count). The van der Waals surface area contributed by atoms with Crippen molar-refractivity contribution in [3.05, 3.63) is 71.8 Å². The number of nitrogens with one attached hydrogen (secondary N) is 1. The Hall–Kier alpha value is -3.19. The first-order chi connectivity index (χ1) is 15.5. The maximum absolute atomic E-state index is 12.6. The zero-order valence-electron chi connectivity index (χ0n) is 18.5. The van der Waals surface area contributed by atoms with Crippen LogP contribution in [0.25, 0.3) is 0 Å². The smallest absolute Gasteiger partial charge is 0.308 e. The van der Waals surface area contributed by atoms with Gasteiger partial charge in [0, 0.05) is 39.3 Å². The van der Waals surface area contributed by atoms with Crippen molar-refractivity contribution >= 4 is 17.8 Å². The molecule has 7 heteroatoms. The fraction of sp³-hybridized carbons (Fsp3) is 0.400. The van der Waals surface area contributed by atoms with E-state index in [1.807, 2.05) is 48.5 Å². The van der Waals surface area contributed by atoms with Gasteiger partial charge in [-0.2, -0.15) is 0 Å². The van der Waals surface area contributed by atoms with Gasteiger partial charge < -0.3 is 15.0 Å². The summed E-state index contributed by atoms with van der Waals surface area (Å²) in [5.74, 6) is -0.819. The van der Waals surface area contributed by atoms with Gasteiger partial charge in [-0.05, 0) is 18.1 Å². The Morgan fingerprint density at radius 1 is 0.906 bits per heavy atom. The van der Waals surface area contributed by atoms with E-state index in [9.17, 15) is 14.4 Å². The van der Waals surface area contributed by atoms with Gasteiger partial charge in [-0.1, -0.05) is 60.7 Å². The molecule has 1 fully saturated rings. The maximum atomic E-state index is 12.6. The summed E-state index contributed by atoms with van der Waals surface area (Å²) in [7, 11) is 0. The molecule has 1 unspecified atom stereocenters. The van der Waals surface area contributed by atoms with Crippen molar-refractivity contribution in [1.29, 1.82) is 0 Å². The van der Waals surface area contributed by atoms with Gasteiger partial charge in [0.15, 0.2) is 6.10 Å². The topological polar surface area (TPSA) is 78.9 Å². The molecule has 1 aliphatic rings. The second-order valence-corrected chi connectivity index (χ2v) is 7.98. The molecule has 2 aromatic rings. The fourth-order valence-electron chi connectivity index (χ4n) is 3.68. The van der Waals surface area contributed by atoms with E-state index >= 15 is 0 Å². The highest BCUT2D eigenvalue weighted by Crippen LogP contribution is 2.10. The van der Waals surface area contributed by atoms with Gasteiger partial charge in [0.25, 0.3) is 5.91 Å². The molecule has 0 spiro atoms. The van der Waals surface area contributed by atoms with E-state index in [-0.39, 0.29) is 31.2 Å². The lowest BCUT2D eigenvalue weighted by molar-refractivity contribution is -0.159. The molecule has 32 heavy (non-hydrogen) atoms. The van der Waals surface area contributed by atoms with Gasteiger partial charge in [0.2, 0.25) is 5.91 Å². The van der Waals surface area contributed by atoms with Crippen molar-refractivity contribution in [1.82, 2.24) is 15.1 Å². The highest BCUT2D eigenvalue weighted by molar-refractivity contribution is 5.84. The Kier molecular flexibility index (Phi) is 8.80. The number of ether oxygens (including phenoxy) is 1. The lowest BCUT2D eigenvalue weighted by Gasteiger charge is -2.35. The summed E-state index contributed by atoms with van der Waals surface area (Å²) in [5, 5.41) is 2.71. The van der Waals surface area contributed by atoms with Gasteiger partial charge in [-0.3, -0.25) is 19.3 Å². The van der Waals surface area contributed by atoms with E-state index in [1.165, 1.54) is 5.56 Å². The zero-order valence-corrected chi connectivity index (χ0v) is 18.5. The third-order valence-corrected chi connectivity index (χ3v) is 5.45. The van der Waals surface area contributed by atoms with E-state index in [0.717, 1.165) is 25.2 Å². The largest absolute Gasteiger partial charge is 0.452 e. The first-order valence-electron chi connectivity index (χ1n) is 11.1. The first-order valence-corrected chi connectivity index (χ1v) is 11.1. The van der Waals surface area contributed by atoms with Crippen LogP contribution in [0.5, 0.6) is 0 Å². The van der Waals surface area contributed by atoms with Crippen LogP contribution in [0, 0.1) is 0 Å². The quantitative estimate of drug-likeness (QED) is 0.607. The van der Waals surface area contributed by atoms with Crippen LogP contribution in [0.3, 0.4) is 0 Å². The van der Waals surface area contributed by atoms with Crippen LogP contribution in [0.4, 0.5) is 0 Å². The van der Waals surface area contributed by atoms with E-state index in [0.29, 0.717) is 13.1 Å². The van der Waals surface area contributed by atoms with Gasteiger partial charge in [0.05, 0.1) is 12.8 Å². The molecule has 0 aliphatic carbocycles. The zero-order chi connectivity index (χ0) is 22.8. The Balaban J connectivity index is 1.32. The normalized spacial score (nSPS) is 15.1. The van der Waals surface area contributed by atoms with Crippen LogP contribution in [0.2, 0.25) is 0 Å². The number of hydrogen-bond acceptors (Lipinski definition) is 5. The maximum Gasteiger partial charge on any atom is 0.308 e. The SMILES string of the molecule is CC(OC(=O)CCNC(=O)Cc1ccccc1)C(=O)N1CCN(Cc2ccccc2)CC1. The molecule has 1 N–H and O–H groups in total. The molecule has 1 heterocycles. The molecular formula is C25H31N3O4. The average Bonchev–Trinajstić information content (AvgIpc) is 2.80. The number of piperazine rings is 1. The lowest BCUT2D eigenvalue weighted by atomic mass is 10.1. The minimum atomic E-state index is -0.830. The predicted octanol–water partition coefficient (Wildman–Crippen LogP) is 2.01. The molecule has 7 nitrogen and oxygen atoms in total. The van der Waals surface area contributed by atoms with Crippen molar-refractivity contribution < 1.29 is 19.1 Å². The number of hydrogen-bond donors (Lipinski definition) is 1. The molecule has 0 saturated carbocycles. The first kappa shape index (κ1) is 23.5. The number of rotatable bonds is 9. The molecule has 0 radical (unpaired) electrons. The fourth-order valence-corrected chi connectivity index (χ4v) is 3.68. The van der Waals surface area contributed by atoms with Gasteiger partial charge in [-0.15, -0.1) is 0 Å². The second kappa shape index (κ2) is 12.0. The number of carbonyl (C=O) groups is 3. The predicted molar refractivity (Wildman–Crippen MR) is 122 cm³/mol. The number of esters is 1. The molecule has 1 aliphatic heterocycles. The third kappa shape index (κ3) is 7.50. The van der Waals surface area contributed by atoms with E-state index < -0.39 is 12.1 Å². The summed E-state index contributed by atoms with van der Waals surface area (Å²) >= 11 is 0. The number of amides is 2. The molecular weight excluding hydrogens is 406 g/mol. The van der Waals surface area contributed by atoms with Crippen molar-refractivity contribution in [2.45, 2.75) is 32.4 Å². The Bertz CT molecular complexity index is 881. The Morgan fingerprint density at radius 2 is 1.50 bits per heavy atom. The number of benzene rings is 2. The number of nitrogens with zero attached hydrogens (tertiary/aromatic N) is 2. The molecule has 0 aromatic heterocycles. The van der Waals surface area contributed by atoms with Crippen molar-refractivity contribution in [3.63, 3.8) is 0 Å². The lowest BCUT2D eigenvalue weighted by Crippen LogP contribution is -2.51. The van der Waals surface area contributed by atoms with Crippen LogP contribution in [0.1, 0.15) is 24.5 Å². The standard InChI is InChI=1S/C25H31N3O4/c1-20(32-24(30)12-13-26-23(29)18-21-8-4-2-5-9-21)25(31)28-16-14-27(15-17-28)19-22-10-6-3-7-11-22/h2-11,20H,12-19H2,1H3,(H,26,29). The summed E-state index contributed by atoms with van der Waals surface area (Å²) in [6, 6.07) is 19.7.